The quantitative estimate of drug-likeness (QED) is 0.0670. The SMILES string of the molecule is CC(C)S(=O)(=O)NC1CC2=C(C(C)(C)C)[C@H](C)N=C(C(C)(C)C)N2C1.CC(C)S(=O)(=O)N[C@H]1CC2=C(C(C)(C)C)[C@H](C)N=C(C(C)(C)C)N2C1.CCS(=O)(=O)N[C@H]1CC2=C(C(C)(C)C)[C@H](C)N=C(C(C)(C)C)N2C1.C[C@@H]1N=C(C(C)(C)C)N2C[C@@H](NS(=O)(=O)CC(=O)O)CC2=C1C(C)(C)C.C[C@@H]1N=C(C(C)(C)C)N2C[C@@H](NS(=O)C(C)(C)C)CC2=C1C(C)(C)C.C[C@@H]1N=C(C(C)(C)C)N2C[C@@H](NS(N)(=O)=O)CC2=C1C(C)(C)C. The summed E-state index contributed by atoms with van der Waals surface area (Å²) in [7, 11) is -18.4. The van der Waals surface area contributed by atoms with Crippen molar-refractivity contribution < 1.29 is 56.2 Å². The lowest BCUT2D eigenvalue weighted by Gasteiger charge is -2.41. The van der Waals surface area contributed by atoms with Gasteiger partial charge >= 0.3 is 5.97 Å². The zero-order valence-electron chi connectivity index (χ0n) is 101. The lowest BCUT2D eigenvalue weighted by Crippen LogP contribution is -2.45. The first-order valence-corrected chi connectivity index (χ1v) is 62.9. The number of carboxylic acids is 1. The molecule has 2 unspecified atom stereocenters. The van der Waals surface area contributed by atoms with Crippen molar-refractivity contribution in [2.45, 2.75) is 472 Å². The van der Waals surface area contributed by atoms with Crippen LogP contribution in [0, 0.1) is 65.0 Å². The largest absolute Gasteiger partial charge is 0.480 e. The summed E-state index contributed by atoms with van der Waals surface area (Å²) in [5.74, 6) is 4.18. The first-order chi connectivity index (χ1) is 66.0. The molecule has 12 rings (SSSR count). The molecule has 0 bridgehead atoms. The van der Waals surface area contributed by atoms with Gasteiger partial charge in [0.1, 0.15) is 35.0 Å². The second-order valence-corrected chi connectivity index (χ2v) is 68.5. The van der Waals surface area contributed by atoms with E-state index in [9.17, 15) is 51.1 Å². The van der Waals surface area contributed by atoms with Gasteiger partial charge in [-0.1, -0.05) is 249 Å². The Morgan fingerprint density at radius 1 is 0.311 bits per heavy atom. The molecular weight excluding hydrogens is 1990 g/mol. The summed E-state index contributed by atoms with van der Waals surface area (Å²) in [5, 5.41) is 13.1. The van der Waals surface area contributed by atoms with E-state index in [1.54, 1.807) is 34.6 Å². The maximum absolute atomic E-state index is 12.6. The molecule has 0 amide bonds. The maximum Gasteiger partial charge on any atom is 0.320 e. The molecule has 0 aromatic heterocycles. The maximum atomic E-state index is 12.6. The van der Waals surface area contributed by atoms with Crippen molar-refractivity contribution in [1.29, 1.82) is 0 Å². The third-order valence-corrected chi connectivity index (χ3v) is 37.0. The van der Waals surface area contributed by atoms with Gasteiger partial charge in [0.15, 0.2) is 5.75 Å². The number of nitrogens with two attached hydrogens (primary N) is 1. The van der Waals surface area contributed by atoms with E-state index in [1.165, 1.54) is 61.9 Å². The number of carbonyl (C=O) groups is 1. The zero-order valence-corrected chi connectivity index (χ0v) is 106. The predicted octanol–water partition coefficient (Wildman–Crippen LogP) is 18.7. The standard InChI is InChI=1S/C20H37N3OS.2C19H35N3O2S.C18H31N3O4S.C18H33N3O2S.C16H30N4O2S/c1-13-16(18(2,3)4)15-11-14(22-25(24)20(8,9)10)12-23(15)17(21-13)19(5,6)7;2*1-12(2)25(23,24)21-14-10-15-16(18(4,5)6)13(3)20-17(19(7,8)9)22(15)11-14;1-11-15(17(2,3)4)13-8-12(20-26(24,25)10-14(22)23)9-21(13)16(19-11)18(5,6)7;1-9-24(22,23)20-13-10-14-15(17(3,4)5)12(2)19-16(18(6,7)8)21(14)11-13;1-10-13(15(2,3)4)12-8-11(19-23(17,21)22)9-20(12)14(18-10)16(5,6)7/h13-14,22H,11-12H2,1-10H3;2*12-14,21H,10-11H2,1-9H3;11-12,20H,8-10H2,1-7H3,(H,22,23);12-13,20H,9-11H2,1-8H3;10-11,19H,8-9H2,1-7H3,(H2,17,21,22)/t13-,14-,25?;13-,14?;13-,14-;11-,12-;12-,13-;10-,11-/m000000/s1. The highest BCUT2D eigenvalue weighted by Crippen LogP contribution is 2.51. The molecule has 0 spiro atoms. The Bertz CT molecular complexity index is 5800. The monoisotopic (exact) mass is 2190 g/mol. The third-order valence-electron chi connectivity index (χ3n) is 28.1. The highest BCUT2D eigenvalue weighted by molar-refractivity contribution is 7.91. The highest BCUT2D eigenvalue weighted by Gasteiger charge is 2.52. The van der Waals surface area contributed by atoms with Crippen molar-refractivity contribution in [3.05, 3.63) is 67.6 Å². The molecule has 6 fully saturated rings. The van der Waals surface area contributed by atoms with Crippen molar-refractivity contribution >= 4 is 102 Å². The summed E-state index contributed by atoms with van der Waals surface area (Å²) in [6.45, 7) is 110. The number of nitrogens with zero attached hydrogens (tertiary/aromatic N) is 12. The van der Waals surface area contributed by atoms with Crippen LogP contribution in [0.4, 0.5) is 0 Å². The molecule has 0 radical (unpaired) electrons. The summed E-state index contributed by atoms with van der Waals surface area (Å²) in [4.78, 5) is 54.3. The van der Waals surface area contributed by atoms with Gasteiger partial charge in [0.05, 0.1) is 68.2 Å². The average Bonchev–Trinajstić information content (AvgIpc) is 1.59. The minimum Gasteiger partial charge on any atom is -0.480 e. The van der Waals surface area contributed by atoms with Crippen LogP contribution in [0.2, 0.25) is 0 Å². The molecular formula is C110H201N19O13S6. The molecule has 12 heterocycles. The lowest BCUT2D eigenvalue weighted by molar-refractivity contribution is -0.134. The number of hydrogen-bond donors (Lipinski definition) is 8. The number of sulfonamides is 4. The van der Waals surface area contributed by atoms with Gasteiger partial charge < -0.3 is 34.5 Å². The number of carboxylic acid groups (broad SMARTS) is 1. The molecule has 13 atom stereocenters. The Morgan fingerprint density at radius 2 is 0.486 bits per heavy atom. The van der Waals surface area contributed by atoms with Gasteiger partial charge in [0.25, 0.3) is 10.2 Å². The minimum absolute atomic E-state index is 0.000985. The van der Waals surface area contributed by atoms with Gasteiger partial charge in [-0.2, -0.15) is 13.1 Å². The van der Waals surface area contributed by atoms with Crippen LogP contribution in [0.1, 0.15) is 385 Å². The van der Waals surface area contributed by atoms with Gasteiger partial charge in [-0.25, -0.2) is 66.6 Å². The molecule has 0 saturated carbocycles. The van der Waals surface area contributed by atoms with Crippen LogP contribution >= 0.6 is 0 Å². The number of hydrogen-bond acceptors (Lipinski definition) is 24. The smallest absolute Gasteiger partial charge is 0.320 e. The van der Waals surface area contributed by atoms with E-state index in [0.717, 1.165) is 72.9 Å². The molecule has 12 aliphatic heterocycles. The van der Waals surface area contributed by atoms with Crippen molar-refractivity contribution in [3.63, 3.8) is 0 Å². The van der Waals surface area contributed by atoms with E-state index in [1.807, 2.05) is 20.8 Å². The van der Waals surface area contributed by atoms with E-state index in [0.29, 0.717) is 45.6 Å². The molecule has 850 valence electrons. The topological polar surface area (TPSA) is 417 Å². The third kappa shape index (κ3) is 32.6. The van der Waals surface area contributed by atoms with Crippen LogP contribution in [0.15, 0.2) is 97.6 Å². The van der Waals surface area contributed by atoms with Crippen LogP contribution in [0.25, 0.3) is 0 Å². The summed E-state index contributed by atoms with van der Waals surface area (Å²) >= 11 is 0. The molecule has 0 aromatic carbocycles. The van der Waals surface area contributed by atoms with Crippen LogP contribution < -0.4 is 33.5 Å². The van der Waals surface area contributed by atoms with Crippen molar-refractivity contribution in [2.24, 2.45) is 100 Å². The van der Waals surface area contributed by atoms with Crippen molar-refractivity contribution in [2.75, 3.05) is 50.8 Å². The van der Waals surface area contributed by atoms with Gasteiger partial charge in [-0.3, -0.25) is 34.7 Å². The number of aliphatic imine (C=N–C) groups is 6. The number of aliphatic carboxylic acids is 1. The van der Waals surface area contributed by atoms with E-state index in [4.69, 9.17) is 40.2 Å². The van der Waals surface area contributed by atoms with Crippen LogP contribution in [0.5, 0.6) is 0 Å². The molecule has 9 N–H and O–H groups in total. The normalized spacial score (nSPS) is 25.7. The first kappa shape index (κ1) is 129. The summed E-state index contributed by atoms with van der Waals surface area (Å²) in [6.07, 6.45) is 4.34. The Kier molecular flexibility index (Phi) is 39.4. The van der Waals surface area contributed by atoms with Crippen LogP contribution in [-0.2, 0) is 66.1 Å². The first-order valence-electron chi connectivity index (χ1n) is 53.8. The van der Waals surface area contributed by atoms with Gasteiger partial charge in [-0.15, -0.1) is 0 Å². The molecule has 32 nitrogen and oxygen atoms in total. The van der Waals surface area contributed by atoms with Crippen LogP contribution in [-0.4, -0.2) is 260 Å². The van der Waals surface area contributed by atoms with Crippen LogP contribution in [0.3, 0.4) is 0 Å². The second-order valence-electron chi connectivity index (χ2n) is 56.9. The number of rotatable bonds is 17. The Hall–Kier alpha value is -5.65. The van der Waals surface area contributed by atoms with Crippen molar-refractivity contribution in [3.8, 4) is 0 Å². The summed E-state index contributed by atoms with van der Waals surface area (Å²) in [6, 6.07) is 0.0649. The zero-order chi connectivity index (χ0) is 114. The molecule has 38 heteroatoms. The molecule has 148 heavy (non-hydrogen) atoms. The Balaban J connectivity index is 0.000000240. The Labute approximate surface area is 900 Å². The highest BCUT2D eigenvalue weighted by atomic mass is 32.2. The van der Waals surface area contributed by atoms with E-state index < -0.39 is 83.5 Å². The number of nitrogens with one attached hydrogen (secondary N) is 6. The van der Waals surface area contributed by atoms with E-state index in [-0.39, 0.29) is 148 Å². The number of fused-ring (bicyclic) bond motifs is 6. The second kappa shape index (κ2) is 45.1. The van der Waals surface area contributed by atoms with Gasteiger partial charge in [0.2, 0.25) is 40.1 Å². The molecule has 6 saturated heterocycles. The van der Waals surface area contributed by atoms with E-state index >= 15 is 0 Å². The fourth-order valence-electron chi connectivity index (χ4n) is 23.1. The molecule has 0 aromatic rings. The number of amidine groups is 6. The Morgan fingerprint density at radius 3 is 0.649 bits per heavy atom. The lowest BCUT2D eigenvalue weighted by atomic mass is 9.79. The van der Waals surface area contributed by atoms with Gasteiger partial charge in [0, 0.05) is 181 Å². The minimum atomic E-state index is -3.87. The average molecular weight is 2190 g/mol. The summed E-state index contributed by atoms with van der Waals surface area (Å²) in [5.41, 5.74) is 14.9. The fraction of sp³-hybridized carbons (Fsp3) is 0.827. The fourth-order valence-corrected chi connectivity index (χ4v) is 28.3. The van der Waals surface area contributed by atoms with Gasteiger partial charge in [-0.05, 0) is 163 Å². The predicted molar refractivity (Wildman–Crippen MR) is 616 cm³/mol. The van der Waals surface area contributed by atoms with E-state index in [2.05, 4.69) is 349 Å². The molecule has 0 aliphatic carbocycles. The molecule has 12 aliphatic rings. The summed E-state index contributed by atoms with van der Waals surface area (Å²) < 4.78 is 150. The van der Waals surface area contributed by atoms with Crippen molar-refractivity contribution in [1.82, 2.24) is 57.7 Å².